The van der Waals surface area contributed by atoms with E-state index in [9.17, 15) is 4.79 Å². The van der Waals surface area contributed by atoms with Crippen LogP contribution in [-0.4, -0.2) is 22.4 Å². The summed E-state index contributed by atoms with van der Waals surface area (Å²) in [7, 11) is 0. The Morgan fingerprint density at radius 1 is 1.41 bits per heavy atom. The summed E-state index contributed by atoms with van der Waals surface area (Å²) in [5, 5.41) is 5.71. The van der Waals surface area contributed by atoms with Crippen molar-refractivity contribution in [1.29, 1.82) is 0 Å². The zero-order chi connectivity index (χ0) is 15.5. The minimum atomic E-state index is -0.0399. The van der Waals surface area contributed by atoms with E-state index in [-0.39, 0.29) is 11.9 Å². The smallest absolute Gasteiger partial charge is 0.308 e. The molecule has 0 radical (unpaired) electrons. The van der Waals surface area contributed by atoms with Gasteiger partial charge in [-0.1, -0.05) is 18.7 Å². The van der Waals surface area contributed by atoms with Gasteiger partial charge in [0.1, 0.15) is 0 Å². The molecule has 0 atom stereocenters. The Labute approximate surface area is 130 Å². The summed E-state index contributed by atoms with van der Waals surface area (Å²) < 4.78 is 7.25. The molecule has 4 nitrogen and oxygen atoms in total. The van der Waals surface area contributed by atoms with E-state index in [2.05, 4.69) is 34.6 Å². The van der Waals surface area contributed by atoms with Gasteiger partial charge >= 0.3 is 5.97 Å². The number of hydrogen-bond donors (Lipinski definition) is 0. The number of carbonyl (C=O) groups excluding carboxylic acids is 1. The first-order valence-electron chi connectivity index (χ1n) is 7.99. The van der Waals surface area contributed by atoms with Crippen LogP contribution in [0.15, 0.2) is 31.0 Å². The van der Waals surface area contributed by atoms with E-state index in [4.69, 9.17) is 4.74 Å². The van der Waals surface area contributed by atoms with Gasteiger partial charge in [0.2, 0.25) is 0 Å². The van der Waals surface area contributed by atoms with Crippen molar-refractivity contribution in [2.75, 3.05) is 6.61 Å². The standard InChI is InChI=1S/C18H22N2O2/c1-3-13-5-10-17-15(11-13)12-19-20(17)16-8-6-14(7-9-16)18(21)22-4-2/h3,5,10-12,14,16H,1,4,6-9H2,2H3. The molecule has 1 heterocycles. The fraction of sp³-hybridized carbons (Fsp3) is 0.444. The molecular formula is C18H22N2O2. The van der Waals surface area contributed by atoms with E-state index >= 15 is 0 Å². The van der Waals surface area contributed by atoms with Crippen LogP contribution >= 0.6 is 0 Å². The van der Waals surface area contributed by atoms with Crippen molar-refractivity contribution >= 4 is 22.9 Å². The van der Waals surface area contributed by atoms with Gasteiger partial charge in [-0.25, -0.2) is 0 Å². The SMILES string of the molecule is C=Cc1ccc2c(cnn2C2CCC(C(=O)OCC)CC2)c1. The van der Waals surface area contributed by atoms with Gasteiger partial charge in [0.15, 0.2) is 0 Å². The Bertz CT molecular complexity index is 681. The van der Waals surface area contributed by atoms with Crippen LogP contribution < -0.4 is 0 Å². The summed E-state index contributed by atoms with van der Waals surface area (Å²) in [6.07, 6.45) is 7.49. The van der Waals surface area contributed by atoms with Crippen LogP contribution in [0.1, 0.15) is 44.2 Å². The molecule has 0 spiro atoms. The number of fused-ring (bicyclic) bond motifs is 1. The highest BCUT2D eigenvalue weighted by molar-refractivity contribution is 5.81. The van der Waals surface area contributed by atoms with Crippen molar-refractivity contribution < 1.29 is 9.53 Å². The molecule has 1 aromatic heterocycles. The van der Waals surface area contributed by atoms with Crippen LogP contribution in [0.5, 0.6) is 0 Å². The van der Waals surface area contributed by atoms with E-state index < -0.39 is 0 Å². The Morgan fingerprint density at radius 2 is 2.18 bits per heavy atom. The van der Waals surface area contributed by atoms with Crippen molar-refractivity contribution in [3.05, 3.63) is 36.5 Å². The zero-order valence-electron chi connectivity index (χ0n) is 13.0. The first-order chi connectivity index (χ1) is 10.7. The van der Waals surface area contributed by atoms with E-state index in [1.165, 1.54) is 0 Å². The van der Waals surface area contributed by atoms with Crippen LogP contribution in [0.25, 0.3) is 17.0 Å². The molecule has 1 fully saturated rings. The molecule has 1 aliphatic carbocycles. The number of hydrogen-bond acceptors (Lipinski definition) is 3. The van der Waals surface area contributed by atoms with Crippen molar-refractivity contribution in [1.82, 2.24) is 9.78 Å². The van der Waals surface area contributed by atoms with Crippen molar-refractivity contribution in [2.24, 2.45) is 5.92 Å². The molecule has 0 amide bonds. The molecule has 116 valence electrons. The van der Waals surface area contributed by atoms with E-state index in [0.29, 0.717) is 12.6 Å². The lowest BCUT2D eigenvalue weighted by molar-refractivity contribution is -0.149. The summed E-state index contributed by atoms with van der Waals surface area (Å²) in [4.78, 5) is 11.8. The maximum atomic E-state index is 11.8. The zero-order valence-corrected chi connectivity index (χ0v) is 13.0. The first-order valence-corrected chi connectivity index (χ1v) is 7.99. The highest BCUT2D eigenvalue weighted by Crippen LogP contribution is 2.34. The van der Waals surface area contributed by atoms with E-state index in [1.54, 1.807) is 0 Å². The summed E-state index contributed by atoms with van der Waals surface area (Å²) >= 11 is 0. The van der Waals surface area contributed by atoms with E-state index in [0.717, 1.165) is 42.1 Å². The van der Waals surface area contributed by atoms with Gasteiger partial charge in [-0.05, 0) is 50.3 Å². The van der Waals surface area contributed by atoms with Crippen LogP contribution in [0.3, 0.4) is 0 Å². The van der Waals surface area contributed by atoms with Gasteiger partial charge in [0.25, 0.3) is 0 Å². The molecule has 0 unspecified atom stereocenters. The van der Waals surface area contributed by atoms with Crippen LogP contribution in [0, 0.1) is 5.92 Å². The normalized spacial score (nSPS) is 21.7. The quantitative estimate of drug-likeness (QED) is 0.802. The second-order valence-electron chi connectivity index (χ2n) is 5.87. The molecule has 1 aromatic carbocycles. The van der Waals surface area contributed by atoms with Crippen LogP contribution in [0.2, 0.25) is 0 Å². The minimum Gasteiger partial charge on any atom is -0.466 e. The number of esters is 1. The first kappa shape index (κ1) is 14.8. The summed E-state index contributed by atoms with van der Waals surface area (Å²) in [6, 6.07) is 6.66. The molecule has 3 rings (SSSR count). The molecule has 0 saturated heterocycles. The molecular weight excluding hydrogens is 276 g/mol. The Balaban J connectivity index is 1.74. The monoisotopic (exact) mass is 298 g/mol. The number of nitrogens with zero attached hydrogens (tertiary/aromatic N) is 2. The highest BCUT2D eigenvalue weighted by Gasteiger charge is 2.28. The van der Waals surface area contributed by atoms with Gasteiger partial charge in [-0.2, -0.15) is 5.10 Å². The van der Waals surface area contributed by atoms with Crippen LogP contribution in [-0.2, 0) is 9.53 Å². The van der Waals surface area contributed by atoms with Gasteiger partial charge < -0.3 is 4.74 Å². The highest BCUT2D eigenvalue weighted by atomic mass is 16.5. The topological polar surface area (TPSA) is 44.1 Å². The molecule has 1 saturated carbocycles. The average molecular weight is 298 g/mol. The maximum absolute atomic E-state index is 11.8. The second kappa shape index (κ2) is 6.34. The second-order valence-corrected chi connectivity index (χ2v) is 5.87. The number of carbonyl (C=O) groups is 1. The maximum Gasteiger partial charge on any atom is 0.308 e. The Hall–Kier alpha value is -2.10. The largest absolute Gasteiger partial charge is 0.466 e. The van der Waals surface area contributed by atoms with E-state index in [1.807, 2.05) is 19.2 Å². The molecule has 2 aromatic rings. The number of rotatable bonds is 4. The number of benzene rings is 1. The summed E-state index contributed by atoms with van der Waals surface area (Å²) in [5.74, 6) is 0.0206. The molecule has 0 bridgehead atoms. The Kier molecular flexibility index (Phi) is 4.27. The predicted molar refractivity (Wildman–Crippen MR) is 87.5 cm³/mol. The van der Waals surface area contributed by atoms with Crippen LogP contribution in [0.4, 0.5) is 0 Å². The average Bonchev–Trinajstić information content (AvgIpc) is 2.98. The number of aromatic nitrogens is 2. The lowest BCUT2D eigenvalue weighted by Gasteiger charge is -2.27. The number of ether oxygens (including phenoxy) is 1. The molecule has 1 aliphatic rings. The van der Waals surface area contributed by atoms with Crippen molar-refractivity contribution in [3.8, 4) is 0 Å². The fourth-order valence-electron chi connectivity index (χ4n) is 3.31. The minimum absolute atomic E-state index is 0.0399. The molecule has 0 N–H and O–H groups in total. The van der Waals surface area contributed by atoms with Crippen molar-refractivity contribution in [2.45, 2.75) is 38.6 Å². The third-order valence-electron chi connectivity index (χ3n) is 4.52. The van der Waals surface area contributed by atoms with Gasteiger partial charge in [-0.3, -0.25) is 9.48 Å². The van der Waals surface area contributed by atoms with Gasteiger partial charge in [0.05, 0.1) is 30.3 Å². The molecule has 22 heavy (non-hydrogen) atoms. The molecule has 4 heteroatoms. The summed E-state index contributed by atoms with van der Waals surface area (Å²) in [5.41, 5.74) is 2.27. The van der Waals surface area contributed by atoms with Crippen molar-refractivity contribution in [3.63, 3.8) is 0 Å². The molecule has 0 aliphatic heterocycles. The Morgan fingerprint density at radius 3 is 2.86 bits per heavy atom. The third kappa shape index (κ3) is 2.78. The van der Waals surface area contributed by atoms with Gasteiger partial charge in [0, 0.05) is 5.39 Å². The third-order valence-corrected chi connectivity index (χ3v) is 4.52. The predicted octanol–water partition coefficient (Wildman–Crippen LogP) is 3.97. The summed E-state index contributed by atoms with van der Waals surface area (Å²) in [6.45, 7) is 6.13. The lowest BCUT2D eigenvalue weighted by Crippen LogP contribution is -2.25. The lowest BCUT2D eigenvalue weighted by atomic mass is 9.86. The fourth-order valence-corrected chi connectivity index (χ4v) is 3.31. The van der Waals surface area contributed by atoms with Gasteiger partial charge in [-0.15, -0.1) is 0 Å².